The lowest BCUT2D eigenvalue weighted by atomic mass is 10.1. The van der Waals surface area contributed by atoms with Gasteiger partial charge >= 0.3 is 6.09 Å². The van der Waals surface area contributed by atoms with Gasteiger partial charge in [0.1, 0.15) is 16.6 Å². The molecule has 1 saturated heterocycles. The van der Waals surface area contributed by atoms with Gasteiger partial charge in [0.05, 0.1) is 22.7 Å². The van der Waals surface area contributed by atoms with Crippen LogP contribution in [0.3, 0.4) is 0 Å². The Balaban J connectivity index is 1.67. The van der Waals surface area contributed by atoms with E-state index in [4.69, 9.17) is 4.74 Å². The molecule has 3 rings (SSSR count). The molecule has 0 bridgehead atoms. The largest absolute Gasteiger partial charge is 0.444 e. The highest BCUT2D eigenvalue weighted by Crippen LogP contribution is 2.31. The van der Waals surface area contributed by atoms with Crippen molar-refractivity contribution in [2.45, 2.75) is 83.6 Å². The smallest absolute Gasteiger partial charge is 0.410 e. The monoisotopic (exact) mass is 408 g/mol. The maximum absolute atomic E-state index is 12.4. The molecular weight excluding hydrogens is 376 g/mol. The third kappa shape index (κ3) is 4.64. The number of rotatable bonds is 2. The number of hydrogen-bond acceptors (Lipinski definition) is 4. The maximum Gasteiger partial charge on any atom is 0.410 e. The molecule has 8 heteroatoms. The quantitative estimate of drug-likeness (QED) is 0.748. The fourth-order valence-corrected chi connectivity index (χ4v) is 4.18. The predicted molar refractivity (Wildman–Crippen MR) is 111 cm³/mol. The lowest BCUT2D eigenvalue weighted by Crippen LogP contribution is -2.42. The number of nitrogens with zero attached hydrogens (tertiary/aromatic N) is 4. The summed E-state index contributed by atoms with van der Waals surface area (Å²) in [6, 6.07) is 0.273. The van der Waals surface area contributed by atoms with E-state index in [0.29, 0.717) is 13.1 Å². The molecule has 1 unspecified atom stereocenters. The average molecular weight is 409 g/mol. The Hall–Kier alpha value is -1.70. The first-order valence-corrected chi connectivity index (χ1v) is 11.1. The van der Waals surface area contributed by atoms with Crippen LogP contribution >= 0.6 is 0 Å². The second-order valence-electron chi connectivity index (χ2n) is 9.55. The molecule has 2 heterocycles. The summed E-state index contributed by atoms with van der Waals surface area (Å²) in [6.07, 6.45) is 5.02. The van der Waals surface area contributed by atoms with E-state index in [1.165, 1.54) is 5.69 Å². The van der Waals surface area contributed by atoms with Crippen LogP contribution in [0.25, 0.3) is 0 Å². The van der Waals surface area contributed by atoms with Crippen molar-refractivity contribution in [2.24, 2.45) is 4.40 Å². The molecule has 156 valence electrons. The van der Waals surface area contributed by atoms with Crippen LogP contribution in [0.5, 0.6) is 0 Å². The summed E-state index contributed by atoms with van der Waals surface area (Å²) >= 11 is 0. The molecule has 1 aliphatic heterocycles. The zero-order valence-corrected chi connectivity index (χ0v) is 18.6. The summed E-state index contributed by atoms with van der Waals surface area (Å²) < 4.78 is 24.1. The summed E-state index contributed by atoms with van der Waals surface area (Å²) in [5.74, 6) is 0. The highest BCUT2D eigenvalue weighted by Gasteiger charge is 2.32. The molecule has 0 saturated carbocycles. The SMILES string of the molecule is CC(C)(C)OC(=O)N1CCC(n2ncc3c2CCC3=NS(=O)C(C)(C)C)CC1. The van der Waals surface area contributed by atoms with E-state index in [0.717, 1.165) is 37.0 Å². The number of aromatic nitrogens is 2. The van der Waals surface area contributed by atoms with Crippen LogP contribution in [0.4, 0.5) is 4.79 Å². The van der Waals surface area contributed by atoms with Gasteiger partial charge in [-0.05, 0) is 67.2 Å². The van der Waals surface area contributed by atoms with Crippen molar-refractivity contribution >= 4 is 22.8 Å². The standard InChI is InChI=1S/C20H32N4O3S/c1-19(2,3)27-18(25)23-11-9-14(10-12-23)24-17-8-7-16(15(17)13-21-24)22-28(26)20(4,5)6/h13-14H,7-12H2,1-6H3. The predicted octanol–water partition coefficient (Wildman–Crippen LogP) is 3.65. The minimum atomic E-state index is -1.26. The van der Waals surface area contributed by atoms with E-state index < -0.39 is 16.6 Å². The van der Waals surface area contributed by atoms with Crippen molar-refractivity contribution in [2.75, 3.05) is 13.1 Å². The number of carbonyl (C=O) groups excluding carboxylic acids is 1. The molecule has 1 aromatic rings. The van der Waals surface area contributed by atoms with Crippen molar-refractivity contribution in [1.82, 2.24) is 14.7 Å². The van der Waals surface area contributed by atoms with Crippen molar-refractivity contribution in [3.8, 4) is 0 Å². The van der Waals surface area contributed by atoms with E-state index >= 15 is 0 Å². The summed E-state index contributed by atoms with van der Waals surface area (Å²) in [6.45, 7) is 12.8. The van der Waals surface area contributed by atoms with Crippen LogP contribution in [0.2, 0.25) is 0 Å². The molecule has 1 fully saturated rings. The van der Waals surface area contributed by atoms with Gasteiger partial charge in [0.15, 0.2) is 0 Å². The highest BCUT2D eigenvalue weighted by molar-refractivity contribution is 7.85. The van der Waals surface area contributed by atoms with Crippen LogP contribution in [-0.2, 0) is 22.1 Å². The second-order valence-corrected chi connectivity index (χ2v) is 11.5. The van der Waals surface area contributed by atoms with E-state index in [2.05, 4.69) is 14.2 Å². The highest BCUT2D eigenvalue weighted by atomic mass is 32.2. The molecule has 0 spiro atoms. The van der Waals surface area contributed by atoms with Crippen molar-refractivity contribution in [3.05, 3.63) is 17.5 Å². The minimum Gasteiger partial charge on any atom is -0.444 e. The normalized spacial score (nSPS) is 21.1. The molecule has 2 aliphatic rings. The van der Waals surface area contributed by atoms with Crippen LogP contribution in [0.1, 0.15) is 78.1 Å². The topological polar surface area (TPSA) is 76.8 Å². The van der Waals surface area contributed by atoms with E-state index in [9.17, 15) is 9.00 Å². The van der Waals surface area contributed by atoms with Crippen LogP contribution in [0.15, 0.2) is 10.6 Å². The second kappa shape index (κ2) is 7.61. The molecule has 1 aliphatic carbocycles. The van der Waals surface area contributed by atoms with Crippen LogP contribution < -0.4 is 0 Å². The van der Waals surface area contributed by atoms with Gasteiger partial charge in [-0.1, -0.05) is 0 Å². The van der Waals surface area contributed by atoms with Gasteiger partial charge in [-0.25, -0.2) is 9.00 Å². The number of ether oxygens (including phenoxy) is 1. The van der Waals surface area contributed by atoms with Gasteiger partial charge in [0.25, 0.3) is 0 Å². The Bertz CT molecular complexity index is 793. The number of fused-ring (bicyclic) bond motifs is 1. The molecule has 0 radical (unpaired) electrons. The van der Waals surface area contributed by atoms with Gasteiger partial charge < -0.3 is 9.64 Å². The minimum absolute atomic E-state index is 0.240. The first-order valence-electron chi connectivity index (χ1n) is 10.00. The summed E-state index contributed by atoms with van der Waals surface area (Å²) in [5, 5.41) is 4.61. The first kappa shape index (κ1) is 21.0. The third-order valence-electron chi connectivity index (χ3n) is 4.99. The van der Waals surface area contributed by atoms with Gasteiger partial charge in [-0.15, -0.1) is 0 Å². The summed E-state index contributed by atoms with van der Waals surface area (Å²) in [7, 11) is -1.26. The number of likely N-dealkylation sites (tertiary alicyclic amines) is 1. The fourth-order valence-electron chi connectivity index (χ4n) is 3.52. The molecule has 0 aromatic carbocycles. The lowest BCUT2D eigenvalue weighted by Gasteiger charge is -2.34. The Morgan fingerprint density at radius 2 is 1.82 bits per heavy atom. The van der Waals surface area contributed by atoms with Gasteiger partial charge in [-0.3, -0.25) is 4.68 Å². The number of carbonyl (C=O) groups is 1. The molecular formula is C20H32N4O3S. The van der Waals surface area contributed by atoms with E-state index in [-0.39, 0.29) is 16.9 Å². The zero-order valence-electron chi connectivity index (χ0n) is 17.8. The molecule has 28 heavy (non-hydrogen) atoms. The molecule has 1 aromatic heterocycles. The third-order valence-corrected chi connectivity index (χ3v) is 6.42. The van der Waals surface area contributed by atoms with Crippen LogP contribution in [0, 0.1) is 0 Å². The molecule has 7 nitrogen and oxygen atoms in total. The van der Waals surface area contributed by atoms with Gasteiger partial charge in [0.2, 0.25) is 0 Å². The average Bonchev–Trinajstić information content (AvgIpc) is 3.15. The Morgan fingerprint density at radius 3 is 2.39 bits per heavy atom. The maximum atomic E-state index is 12.4. The van der Waals surface area contributed by atoms with E-state index in [1.54, 1.807) is 4.90 Å². The van der Waals surface area contributed by atoms with Crippen LogP contribution in [-0.4, -0.2) is 54.1 Å². The van der Waals surface area contributed by atoms with Gasteiger partial charge in [0, 0.05) is 24.3 Å². The van der Waals surface area contributed by atoms with Crippen molar-refractivity contribution in [3.63, 3.8) is 0 Å². The lowest BCUT2D eigenvalue weighted by molar-refractivity contribution is 0.0184. The number of amides is 1. The zero-order chi connectivity index (χ0) is 20.7. The number of piperidine rings is 1. The van der Waals surface area contributed by atoms with E-state index in [1.807, 2.05) is 47.7 Å². The summed E-state index contributed by atoms with van der Waals surface area (Å²) in [5.41, 5.74) is 2.65. The first-order chi connectivity index (χ1) is 13.0. The summed E-state index contributed by atoms with van der Waals surface area (Å²) in [4.78, 5) is 14.0. The Morgan fingerprint density at radius 1 is 1.18 bits per heavy atom. The molecule has 0 N–H and O–H groups in total. The van der Waals surface area contributed by atoms with Crippen molar-refractivity contribution < 1.29 is 13.7 Å². The molecule has 1 amide bonds. The number of hydrogen-bond donors (Lipinski definition) is 0. The fraction of sp³-hybridized carbons (Fsp3) is 0.750. The van der Waals surface area contributed by atoms with Gasteiger partial charge in [-0.2, -0.15) is 9.50 Å². The molecule has 1 atom stereocenters. The van der Waals surface area contributed by atoms with Crippen molar-refractivity contribution in [1.29, 1.82) is 0 Å². The Labute approximate surface area is 170 Å². The Kier molecular flexibility index (Phi) is 5.71.